The number of hydrogen-bond donors (Lipinski definition) is 0. The van der Waals surface area contributed by atoms with Crippen molar-refractivity contribution in [3.8, 4) is 0 Å². The fraction of sp³-hybridized carbons (Fsp3) is 0. The van der Waals surface area contributed by atoms with Gasteiger partial charge in [-0.1, -0.05) is 83.5 Å². The molecule has 0 saturated heterocycles. The maximum atomic E-state index is 5.95. The van der Waals surface area contributed by atoms with E-state index in [1.165, 1.54) is 0 Å². The van der Waals surface area contributed by atoms with Crippen molar-refractivity contribution in [3.05, 3.63) is 70.7 Å². The summed E-state index contributed by atoms with van der Waals surface area (Å²) in [6, 6.07) is 19.9. The van der Waals surface area contributed by atoms with E-state index in [1.807, 2.05) is 60.7 Å². The predicted octanol–water partition coefficient (Wildman–Crippen LogP) is 5.58. The monoisotopic (exact) mass is 280 g/mol. The van der Waals surface area contributed by atoms with Crippen LogP contribution in [0.4, 0.5) is 0 Å². The fourth-order valence-corrected chi connectivity index (χ4v) is 2.71. The third-order valence-corrected chi connectivity index (χ3v) is 3.92. The van der Waals surface area contributed by atoms with Crippen LogP contribution in [0.1, 0.15) is 5.56 Å². The van der Waals surface area contributed by atoms with Crippen LogP contribution in [-0.4, -0.2) is 0 Å². The smallest absolute Gasteiger partial charge is 0.0869 e. The Kier molecular flexibility index (Phi) is 4.55. The van der Waals surface area contributed by atoms with Crippen LogP contribution in [0.2, 0.25) is 0 Å². The van der Waals surface area contributed by atoms with Gasteiger partial charge in [0.25, 0.3) is 0 Å². The second kappa shape index (κ2) is 6.15. The first-order valence-electron chi connectivity index (χ1n) is 5.11. The molecule has 17 heavy (non-hydrogen) atoms. The van der Waals surface area contributed by atoms with Crippen molar-refractivity contribution in [1.29, 1.82) is 0 Å². The molecule has 2 aromatic rings. The lowest BCUT2D eigenvalue weighted by atomic mass is 10.2. The van der Waals surface area contributed by atoms with E-state index in [0.717, 1.165) is 15.4 Å². The van der Waals surface area contributed by atoms with E-state index in [0.29, 0.717) is 4.49 Å². The third kappa shape index (κ3) is 3.53. The quantitative estimate of drug-likeness (QED) is 0.661. The number of halogens is 2. The van der Waals surface area contributed by atoms with Crippen molar-refractivity contribution in [2.75, 3.05) is 0 Å². The molecule has 0 unspecified atom stereocenters. The van der Waals surface area contributed by atoms with Gasteiger partial charge in [-0.2, -0.15) is 0 Å². The standard InChI is InChI=1S/C14H10Cl2S/c15-14(16)13(11-7-3-1-4-8-11)17-12-9-5-2-6-10-12/h1-10H. The molecule has 0 aliphatic heterocycles. The molecule has 0 aromatic heterocycles. The molecule has 86 valence electrons. The van der Waals surface area contributed by atoms with Gasteiger partial charge in [-0.05, 0) is 17.7 Å². The van der Waals surface area contributed by atoms with Crippen molar-refractivity contribution in [1.82, 2.24) is 0 Å². The maximum Gasteiger partial charge on any atom is 0.121 e. The molecule has 0 atom stereocenters. The van der Waals surface area contributed by atoms with Gasteiger partial charge in [0.1, 0.15) is 4.49 Å². The molecule has 0 radical (unpaired) electrons. The summed E-state index contributed by atoms with van der Waals surface area (Å²) in [5.74, 6) is 0. The Morgan fingerprint density at radius 1 is 0.765 bits per heavy atom. The second-order valence-corrected chi connectivity index (χ2v) is 5.40. The van der Waals surface area contributed by atoms with Crippen molar-refractivity contribution in [3.63, 3.8) is 0 Å². The molecular weight excluding hydrogens is 271 g/mol. The van der Waals surface area contributed by atoms with Gasteiger partial charge < -0.3 is 0 Å². The van der Waals surface area contributed by atoms with Gasteiger partial charge in [0, 0.05) is 9.80 Å². The topological polar surface area (TPSA) is 0 Å². The summed E-state index contributed by atoms with van der Waals surface area (Å²) in [6.07, 6.45) is 0. The minimum atomic E-state index is 0.296. The van der Waals surface area contributed by atoms with Crippen LogP contribution in [0.15, 0.2) is 70.1 Å². The summed E-state index contributed by atoms with van der Waals surface area (Å²) >= 11 is 13.5. The Balaban J connectivity index is 2.31. The first kappa shape index (κ1) is 12.6. The molecule has 0 spiro atoms. The number of thioether (sulfide) groups is 1. The minimum absolute atomic E-state index is 0.296. The van der Waals surface area contributed by atoms with Gasteiger partial charge in [0.15, 0.2) is 0 Å². The van der Waals surface area contributed by atoms with Gasteiger partial charge in [-0.25, -0.2) is 0 Å². The predicted molar refractivity (Wildman–Crippen MR) is 77.4 cm³/mol. The summed E-state index contributed by atoms with van der Waals surface area (Å²) in [6.45, 7) is 0. The van der Waals surface area contributed by atoms with Gasteiger partial charge in [0.05, 0.1) is 0 Å². The summed E-state index contributed by atoms with van der Waals surface area (Å²) in [7, 11) is 0. The van der Waals surface area contributed by atoms with E-state index < -0.39 is 0 Å². The lowest BCUT2D eigenvalue weighted by Crippen LogP contribution is -1.80. The zero-order chi connectivity index (χ0) is 12.1. The van der Waals surface area contributed by atoms with Crippen LogP contribution in [-0.2, 0) is 0 Å². The molecule has 0 nitrogen and oxygen atoms in total. The highest BCUT2D eigenvalue weighted by atomic mass is 35.5. The summed E-state index contributed by atoms with van der Waals surface area (Å²) in [5, 5.41) is 0. The first-order chi connectivity index (χ1) is 8.27. The van der Waals surface area contributed by atoms with E-state index in [9.17, 15) is 0 Å². The molecule has 3 heteroatoms. The zero-order valence-corrected chi connectivity index (χ0v) is 11.3. The molecule has 0 fully saturated rings. The molecule has 0 N–H and O–H groups in total. The molecule has 2 rings (SSSR count). The van der Waals surface area contributed by atoms with E-state index in [-0.39, 0.29) is 0 Å². The summed E-state index contributed by atoms with van der Waals surface area (Å²) in [4.78, 5) is 1.99. The average molecular weight is 281 g/mol. The minimum Gasteiger partial charge on any atom is -0.0869 e. The van der Waals surface area contributed by atoms with E-state index in [4.69, 9.17) is 23.2 Å². The molecule has 0 amide bonds. The molecule has 2 aromatic carbocycles. The van der Waals surface area contributed by atoms with Crippen molar-refractivity contribution < 1.29 is 0 Å². The van der Waals surface area contributed by atoms with E-state index in [1.54, 1.807) is 11.8 Å². The Bertz CT molecular complexity index is 502. The molecular formula is C14H10Cl2S. The number of benzene rings is 2. The van der Waals surface area contributed by atoms with E-state index >= 15 is 0 Å². The third-order valence-electron chi connectivity index (χ3n) is 2.17. The van der Waals surface area contributed by atoms with Gasteiger partial charge in [0.2, 0.25) is 0 Å². The average Bonchev–Trinajstić information content (AvgIpc) is 2.38. The summed E-state index contributed by atoms with van der Waals surface area (Å²) in [5.41, 5.74) is 1.03. The largest absolute Gasteiger partial charge is 0.121 e. The van der Waals surface area contributed by atoms with Crippen LogP contribution >= 0.6 is 35.0 Å². The highest BCUT2D eigenvalue weighted by molar-refractivity contribution is 8.08. The maximum absolute atomic E-state index is 5.95. The molecule has 0 aliphatic rings. The number of rotatable bonds is 3. The summed E-state index contributed by atoms with van der Waals surface area (Å²) < 4.78 is 0.296. The lowest BCUT2D eigenvalue weighted by Gasteiger charge is -2.07. The van der Waals surface area contributed by atoms with Crippen LogP contribution in [0.25, 0.3) is 4.91 Å². The zero-order valence-electron chi connectivity index (χ0n) is 8.94. The van der Waals surface area contributed by atoms with Crippen LogP contribution in [0, 0.1) is 0 Å². The lowest BCUT2D eigenvalue weighted by molar-refractivity contribution is 1.47. The van der Waals surface area contributed by atoms with Gasteiger partial charge >= 0.3 is 0 Å². The second-order valence-electron chi connectivity index (χ2n) is 3.37. The molecule has 0 aliphatic carbocycles. The first-order valence-corrected chi connectivity index (χ1v) is 6.68. The Hall–Kier alpha value is -0.890. The molecule has 0 saturated carbocycles. The SMILES string of the molecule is ClC(Cl)=C(Sc1ccccc1)c1ccccc1. The van der Waals surface area contributed by atoms with Crippen LogP contribution < -0.4 is 0 Å². The molecule has 0 heterocycles. The van der Waals surface area contributed by atoms with Crippen molar-refractivity contribution in [2.45, 2.75) is 4.90 Å². The van der Waals surface area contributed by atoms with Gasteiger partial charge in [-0.15, -0.1) is 0 Å². The Morgan fingerprint density at radius 3 is 1.82 bits per heavy atom. The van der Waals surface area contributed by atoms with E-state index in [2.05, 4.69) is 0 Å². The van der Waals surface area contributed by atoms with Crippen molar-refractivity contribution in [2.24, 2.45) is 0 Å². The van der Waals surface area contributed by atoms with Crippen LogP contribution in [0.5, 0.6) is 0 Å². The normalized spacial score (nSPS) is 10.0. The van der Waals surface area contributed by atoms with Crippen molar-refractivity contribution >= 4 is 39.9 Å². The highest BCUT2D eigenvalue weighted by Gasteiger charge is 2.07. The fourth-order valence-electron chi connectivity index (χ4n) is 1.40. The highest BCUT2D eigenvalue weighted by Crippen LogP contribution is 2.38. The Labute approximate surface area is 115 Å². The van der Waals surface area contributed by atoms with Crippen LogP contribution in [0.3, 0.4) is 0 Å². The Morgan fingerprint density at radius 2 is 1.29 bits per heavy atom. The molecule has 0 bridgehead atoms. The number of hydrogen-bond acceptors (Lipinski definition) is 1. The van der Waals surface area contributed by atoms with Gasteiger partial charge in [-0.3, -0.25) is 0 Å².